The Labute approximate surface area is 132 Å². The molecule has 0 unspecified atom stereocenters. The maximum absolute atomic E-state index is 12.1. The van der Waals surface area contributed by atoms with Crippen LogP contribution in [0.5, 0.6) is 0 Å². The highest BCUT2D eigenvalue weighted by Crippen LogP contribution is 2.18. The molecule has 4 N–H and O–H groups in total. The van der Waals surface area contributed by atoms with Gasteiger partial charge in [0.1, 0.15) is 17.5 Å². The van der Waals surface area contributed by atoms with E-state index in [-0.39, 0.29) is 0 Å². The van der Waals surface area contributed by atoms with Gasteiger partial charge in [-0.25, -0.2) is 9.59 Å². The van der Waals surface area contributed by atoms with Crippen molar-refractivity contribution in [2.24, 2.45) is 5.73 Å². The number of nitrogens with zero attached hydrogens (tertiary/aromatic N) is 3. The number of carbonyl (C=O) groups is 2. The number of hydrogen-bond donors (Lipinski definition) is 3. The van der Waals surface area contributed by atoms with Crippen LogP contribution in [0.4, 0.5) is 4.79 Å². The fourth-order valence-electron chi connectivity index (χ4n) is 2.00. The highest BCUT2D eigenvalue weighted by molar-refractivity contribution is 5.83. The largest absolute Gasteiger partial charge is 0.480 e. The predicted octanol–water partition coefficient (Wildman–Crippen LogP) is 0.986. The molecule has 0 radical (unpaired) electrons. The molecule has 2 heterocycles. The first kappa shape index (κ1) is 16.7. The van der Waals surface area contributed by atoms with Gasteiger partial charge in [-0.3, -0.25) is 0 Å². The molecule has 124 valence electrons. The SMILES string of the molecule is Cc1ccc(-c2cnn(C(=O)N[C@@H](CCCCN)C(=O)O)n2)o1. The van der Waals surface area contributed by atoms with Crippen LogP contribution >= 0.6 is 0 Å². The van der Waals surface area contributed by atoms with Crippen molar-refractivity contribution >= 4 is 12.0 Å². The van der Waals surface area contributed by atoms with Crippen molar-refractivity contribution in [2.45, 2.75) is 32.2 Å². The summed E-state index contributed by atoms with van der Waals surface area (Å²) in [5, 5.41) is 19.4. The van der Waals surface area contributed by atoms with E-state index in [9.17, 15) is 9.59 Å². The molecule has 0 aliphatic rings. The minimum Gasteiger partial charge on any atom is -0.480 e. The fraction of sp³-hybridized carbons (Fsp3) is 0.429. The number of nitrogens with two attached hydrogens (primary N) is 1. The van der Waals surface area contributed by atoms with Crippen LogP contribution in [0.3, 0.4) is 0 Å². The summed E-state index contributed by atoms with van der Waals surface area (Å²) in [7, 11) is 0. The Kier molecular flexibility index (Phi) is 5.47. The van der Waals surface area contributed by atoms with Crippen LogP contribution in [0.2, 0.25) is 0 Å². The molecule has 2 aromatic heterocycles. The number of carbonyl (C=O) groups excluding carboxylic acids is 1. The number of amides is 1. The number of aliphatic carboxylic acids is 1. The van der Waals surface area contributed by atoms with Gasteiger partial charge in [-0.05, 0) is 44.9 Å². The van der Waals surface area contributed by atoms with E-state index in [1.165, 1.54) is 6.20 Å². The molecule has 0 spiro atoms. The minimum absolute atomic E-state index is 0.295. The summed E-state index contributed by atoms with van der Waals surface area (Å²) in [4.78, 5) is 24.0. The molecule has 0 aliphatic heterocycles. The maximum Gasteiger partial charge on any atom is 0.360 e. The first-order chi connectivity index (χ1) is 11.0. The monoisotopic (exact) mass is 321 g/mol. The van der Waals surface area contributed by atoms with Crippen molar-refractivity contribution in [1.29, 1.82) is 0 Å². The number of carboxylic acids is 1. The van der Waals surface area contributed by atoms with Crippen LogP contribution in [-0.2, 0) is 4.79 Å². The molecule has 1 atom stereocenters. The quantitative estimate of drug-likeness (QED) is 0.647. The van der Waals surface area contributed by atoms with Crippen LogP contribution < -0.4 is 11.1 Å². The minimum atomic E-state index is -1.11. The number of hydrogen-bond acceptors (Lipinski definition) is 6. The first-order valence-electron chi connectivity index (χ1n) is 7.24. The van der Waals surface area contributed by atoms with Gasteiger partial charge in [-0.15, -0.1) is 5.10 Å². The predicted molar refractivity (Wildman–Crippen MR) is 80.7 cm³/mol. The molecule has 1 amide bonds. The number of rotatable bonds is 7. The molecule has 0 saturated carbocycles. The lowest BCUT2D eigenvalue weighted by molar-refractivity contribution is -0.139. The van der Waals surface area contributed by atoms with Crippen molar-refractivity contribution < 1.29 is 19.1 Å². The number of carboxylic acid groups (broad SMARTS) is 1. The van der Waals surface area contributed by atoms with E-state index in [2.05, 4.69) is 15.5 Å². The highest BCUT2D eigenvalue weighted by Gasteiger charge is 2.21. The number of furan rings is 1. The average molecular weight is 321 g/mol. The van der Waals surface area contributed by atoms with Gasteiger partial charge in [-0.1, -0.05) is 4.80 Å². The zero-order valence-corrected chi connectivity index (χ0v) is 12.7. The third kappa shape index (κ3) is 4.39. The molecule has 0 saturated heterocycles. The van der Waals surface area contributed by atoms with Gasteiger partial charge in [0.25, 0.3) is 0 Å². The molecule has 2 rings (SSSR count). The maximum atomic E-state index is 12.1. The van der Waals surface area contributed by atoms with Gasteiger partial charge >= 0.3 is 12.0 Å². The van der Waals surface area contributed by atoms with Crippen LogP contribution in [0.15, 0.2) is 22.7 Å². The summed E-state index contributed by atoms with van der Waals surface area (Å²) in [5.74, 6) is 0.0912. The lowest BCUT2D eigenvalue weighted by Gasteiger charge is -2.13. The van der Waals surface area contributed by atoms with E-state index < -0.39 is 18.0 Å². The smallest absolute Gasteiger partial charge is 0.360 e. The summed E-state index contributed by atoms with van der Waals surface area (Å²) in [6, 6.07) is 1.77. The van der Waals surface area contributed by atoms with Gasteiger partial charge in [0.15, 0.2) is 5.76 Å². The summed E-state index contributed by atoms with van der Waals surface area (Å²) < 4.78 is 5.39. The van der Waals surface area contributed by atoms with Gasteiger partial charge in [0, 0.05) is 0 Å². The Balaban J connectivity index is 2.02. The van der Waals surface area contributed by atoms with E-state index in [4.69, 9.17) is 15.3 Å². The molecular formula is C14H19N5O4. The van der Waals surface area contributed by atoms with Crippen LogP contribution in [0, 0.1) is 6.92 Å². The highest BCUT2D eigenvalue weighted by atomic mass is 16.4. The summed E-state index contributed by atoms with van der Waals surface area (Å²) >= 11 is 0. The number of aromatic nitrogens is 3. The average Bonchev–Trinajstić information content (AvgIpc) is 3.14. The van der Waals surface area contributed by atoms with Gasteiger partial charge in [-0.2, -0.15) is 5.10 Å². The van der Waals surface area contributed by atoms with Gasteiger partial charge in [0.05, 0.1) is 6.20 Å². The molecule has 0 bridgehead atoms. The number of aryl methyl sites for hydroxylation is 1. The van der Waals surface area contributed by atoms with Crippen LogP contribution in [-0.4, -0.2) is 44.7 Å². The van der Waals surface area contributed by atoms with E-state index in [1.54, 1.807) is 19.1 Å². The van der Waals surface area contributed by atoms with E-state index >= 15 is 0 Å². The second kappa shape index (κ2) is 7.54. The Morgan fingerprint density at radius 3 is 2.83 bits per heavy atom. The zero-order valence-electron chi connectivity index (χ0n) is 12.7. The topological polar surface area (TPSA) is 136 Å². The Bertz CT molecular complexity index is 678. The molecule has 0 fully saturated rings. The Hall–Kier alpha value is -2.68. The summed E-state index contributed by atoms with van der Waals surface area (Å²) in [5.41, 5.74) is 5.77. The van der Waals surface area contributed by atoms with Gasteiger partial charge < -0.3 is 20.6 Å². The molecule has 9 heteroatoms. The molecule has 0 aliphatic carbocycles. The Morgan fingerprint density at radius 1 is 1.43 bits per heavy atom. The van der Waals surface area contributed by atoms with Crippen molar-refractivity contribution in [3.05, 3.63) is 24.1 Å². The van der Waals surface area contributed by atoms with E-state index in [0.29, 0.717) is 43.0 Å². The third-order valence-corrected chi connectivity index (χ3v) is 3.21. The zero-order chi connectivity index (χ0) is 16.8. The van der Waals surface area contributed by atoms with Crippen molar-refractivity contribution in [2.75, 3.05) is 6.54 Å². The molecular weight excluding hydrogens is 302 g/mol. The summed E-state index contributed by atoms with van der Waals surface area (Å²) in [6.45, 7) is 2.27. The van der Waals surface area contributed by atoms with Gasteiger partial charge in [0.2, 0.25) is 0 Å². The number of nitrogens with one attached hydrogen (secondary N) is 1. The first-order valence-corrected chi connectivity index (χ1v) is 7.24. The number of unbranched alkanes of at least 4 members (excludes halogenated alkanes) is 1. The van der Waals surface area contributed by atoms with E-state index in [0.717, 1.165) is 4.80 Å². The Morgan fingerprint density at radius 2 is 2.22 bits per heavy atom. The summed E-state index contributed by atoms with van der Waals surface area (Å²) in [6.07, 6.45) is 2.98. The third-order valence-electron chi connectivity index (χ3n) is 3.21. The van der Waals surface area contributed by atoms with Crippen molar-refractivity contribution in [3.63, 3.8) is 0 Å². The standard InChI is InChI=1S/C14H19N5O4/c1-9-5-6-12(23-9)11-8-16-19(18-11)14(22)17-10(13(20)21)4-2-3-7-15/h5-6,8,10H,2-4,7,15H2,1H3,(H,17,22)(H,20,21)/t10-/m0/s1. The lowest BCUT2D eigenvalue weighted by Crippen LogP contribution is -2.43. The molecule has 9 nitrogen and oxygen atoms in total. The van der Waals surface area contributed by atoms with Crippen molar-refractivity contribution in [3.8, 4) is 11.5 Å². The molecule has 23 heavy (non-hydrogen) atoms. The second-order valence-corrected chi connectivity index (χ2v) is 5.05. The van der Waals surface area contributed by atoms with Crippen LogP contribution in [0.25, 0.3) is 11.5 Å². The van der Waals surface area contributed by atoms with Crippen molar-refractivity contribution in [1.82, 2.24) is 20.3 Å². The molecule has 0 aromatic carbocycles. The normalized spacial score (nSPS) is 12.1. The fourth-order valence-corrected chi connectivity index (χ4v) is 2.00. The lowest BCUT2D eigenvalue weighted by atomic mass is 10.1. The molecule has 2 aromatic rings. The van der Waals surface area contributed by atoms with E-state index in [1.807, 2.05) is 0 Å². The van der Waals surface area contributed by atoms with Crippen LogP contribution in [0.1, 0.15) is 25.0 Å². The second-order valence-electron chi connectivity index (χ2n) is 5.05.